The van der Waals surface area contributed by atoms with Crippen LogP contribution in [0.25, 0.3) is 0 Å². The molecule has 0 spiro atoms. The molecule has 0 aliphatic carbocycles. The van der Waals surface area contributed by atoms with E-state index in [4.69, 9.17) is 14.6 Å². The van der Waals surface area contributed by atoms with Gasteiger partial charge in [-0.1, -0.05) is 45.4 Å². The van der Waals surface area contributed by atoms with Gasteiger partial charge in [-0.05, 0) is 12.8 Å². The lowest BCUT2D eigenvalue weighted by atomic mass is 10.1. The van der Waals surface area contributed by atoms with Crippen molar-refractivity contribution in [3.8, 4) is 0 Å². The van der Waals surface area contributed by atoms with Gasteiger partial charge in [0.25, 0.3) is 0 Å². The molecule has 22 heavy (non-hydrogen) atoms. The summed E-state index contributed by atoms with van der Waals surface area (Å²) < 4.78 is 9.95. The Hall–Kier alpha value is -1.10. The van der Waals surface area contributed by atoms with Crippen LogP contribution in [-0.2, 0) is 19.1 Å². The Morgan fingerprint density at radius 2 is 1.23 bits per heavy atom. The quantitative estimate of drug-likeness (QED) is 0.370. The third-order valence-electron chi connectivity index (χ3n) is 3.34. The zero-order valence-corrected chi connectivity index (χ0v) is 14.0. The van der Waals surface area contributed by atoms with Crippen LogP contribution in [-0.4, -0.2) is 36.9 Å². The van der Waals surface area contributed by atoms with E-state index in [1.54, 1.807) is 0 Å². The molecule has 1 N–H and O–H groups in total. The van der Waals surface area contributed by atoms with E-state index in [0.29, 0.717) is 19.3 Å². The molecule has 0 heterocycles. The van der Waals surface area contributed by atoms with Crippen molar-refractivity contribution < 1.29 is 24.2 Å². The third kappa shape index (κ3) is 15.3. The minimum absolute atomic E-state index is 0.0174. The summed E-state index contributed by atoms with van der Waals surface area (Å²) in [6.45, 7) is 2.73. The number of hydrogen-bond donors (Lipinski definition) is 1. The molecule has 0 aliphatic rings. The molecule has 0 saturated heterocycles. The van der Waals surface area contributed by atoms with E-state index >= 15 is 0 Å². The highest BCUT2D eigenvalue weighted by Gasteiger charge is 2.05. The van der Waals surface area contributed by atoms with Crippen molar-refractivity contribution >= 4 is 11.9 Å². The van der Waals surface area contributed by atoms with Crippen molar-refractivity contribution in [2.75, 3.05) is 19.8 Å². The van der Waals surface area contributed by atoms with Crippen molar-refractivity contribution in [3.63, 3.8) is 0 Å². The Bertz CT molecular complexity index is 278. The number of unbranched alkanes of at least 4 members (excludes halogenated alkanes) is 6. The van der Waals surface area contributed by atoms with Crippen molar-refractivity contribution in [2.45, 2.75) is 77.6 Å². The van der Waals surface area contributed by atoms with Gasteiger partial charge in [-0.2, -0.15) is 0 Å². The zero-order valence-electron chi connectivity index (χ0n) is 14.0. The van der Waals surface area contributed by atoms with Crippen molar-refractivity contribution in [1.82, 2.24) is 0 Å². The van der Waals surface area contributed by atoms with Crippen LogP contribution in [0.3, 0.4) is 0 Å². The molecule has 0 aromatic carbocycles. The van der Waals surface area contributed by atoms with Crippen LogP contribution in [0, 0.1) is 0 Å². The third-order valence-corrected chi connectivity index (χ3v) is 3.34. The maximum Gasteiger partial charge on any atom is 0.305 e. The van der Waals surface area contributed by atoms with Gasteiger partial charge in [0.1, 0.15) is 0 Å². The highest BCUT2D eigenvalue weighted by Crippen LogP contribution is 2.09. The fraction of sp³-hybridized carbons (Fsp3) is 0.882. The predicted molar refractivity (Wildman–Crippen MR) is 85.5 cm³/mol. The lowest BCUT2D eigenvalue weighted by molar-refractivity contribution is -0.147. The molecule has 0 amide bonds. The summed E-state index contributed by atoms with van der Waals surface area (Å²) in [6.07, 6.45) is 9.89. The number of carbonyl (C=O) groups excluding carboxylic acids is 2. The number of aliphatic hydroxyl groups is 1. The molecule has 5 heteroatoms. The summed E-state index contributed by atoms with van der Waals surface area (Å²) in [4.78, 5) is 22.7. The van der Waals surface area contributed by atoms with Gasteiger partial charge < -0.3 is 14.6 Å². The fourth-order valence-corrected chi connectivity index (χ4v) is 2.02. The molecule has 0 fully saturated rings. The Balaban J connectivity index is 3.30. The van der Waals surface area contributed by atoms with Crippen LogP contribution in [0.1, 0.15) is 77.6 Å². The molecule has 0 atom stereocenters. The molecule has 0 aromatic heterocycles. The van der Waals surface area contributed by atoms with Crippen molar-refractivity contribution in [2.24, 2.45) is 0 Å². The van der Waals surface area contributed by atoms with Gasteiger partial charge in [0.2, 0.25) is 0 Å². The fourth-order valence-electron chi connectivity index (χ4n) is 2.02. The van der Waals surface area contributed by atoms with E-state index in [1.807, 2.05) is 0 Å². The molecule has 0 rings (SSSR count). The largest absolute Gasteiger partial charge is 0.466 e. The maximum atomic E-state index is 11.5. The second kappa shape index (κ2) is 16.3. The summed E-state index contributed by atoms with van der Waals surface area (Å²) in [5.74, 6) is -0.487. The van der Waals surface area contributed by atoms with E-state index in [-0.39, 0.29) is 38.2 Å². The van der Waals surface area contributed by atoms with Gasteiger partial charge in [-0.15, -0.1) is 0 Å². The number of aliphatic hydroxyl groups excluding tert-OH is 1. The van der Waals surface area contributed by atoms with Crippen LogP contribution in [0.2, 0.25) is 0 Å². The van der Waals surface area contributed by atoms with Crippen molar-refractivity contribution in [3.05, 3.63) is 0 Å². The van der Waals surface area contributed by atoms with Crippen LogP contribution in [0.5, 0.6) is 0 Å². The lowest BCUT2D eigenvalue weighted by Crippen LogP contribution is -2.10. The van der Waals surface area contributed by atoms with E-state index < -0.39 is 0 Å². The normalized spacial score (nSPS) is 10.5. The standard InChI is InChI=1S/C17H32O5/c1-2-3-4-5-6-7-8-11-16(19)21-14-9-12-17(20)22-15-10-13-18/h18H,2-15H2,1H3. The van der Waals surface area contributed by atoms with Gasteiger partial charge in [0, 0.05) is 25.9 Å². The minimum Gasteiger partial charge on any atom is -0.466 e. The average Bonchev–Trinajstić information content (AvgIpc) is 2.51. The monoisotopic (exact) mass is 316 g/mol. The highest BCUT2D eigenvalue weighted by atomic mass is 16.5. The summed E-state index contributed by atoms with van der Waals surface area (Å²) in [6, 6.07) is 0. The van der Waals surface area contributed by atoms with Crippen LogP contribution < -0.4 is 0 Å². The van der Waals surface area contributed by atoms with Crippen molar-refractivity contribution in [1.29, 1.82) is 0 Å². The SMILES string of the molecule is CCCCCCCCCC(=O)OCCCC(=O)OCCCO. The number of ether oxygens (including phenoxy) is 2. The first-order valence-electron chi connectivity index (χ1n) is 8.62. The first kappa shape index (κ1) is 20.9. The van der Waals surface area contributed by atoms with Gasteiger partial charge in [0.15, 0.2) is 0 Å². The Kier molecular flexibility index (Phi) is 15.5. The Morgan fingerprint density at radius 1 is 0.727 bits per heavy atom. The van der Waals surface area contributed by atoms with E-state index in [0.717, 1.165) is 12.8 Å². The second-order valence-electron chi connectivity index (χ2n) is 5.49. The molecule has 130 valence electrons. The minimum atomic E-state index is -0.309. The topological polar surface area (TPSA) is 72.8 Å². The highest BCUT2D eigenvalue weighted by molar-refractivity contribution is 5.70. The molecular formula is C17H32O5. The summed E-state index contributed by atoms with van der Waals surface area (Å²) in [7, 11) is 0. The molecule has 0 unspecified atom stereocenters. The van der Waals surface area contributed by atoms with E-state index in [9.17, 15) is 9.59 Å². The van der Waals surface area contributed by atoms with Gasteiger partial charge in [-0.25, -0.2) is 0 Å². The van der Waals surface area contributed by atoms with Crippen LogP contribution in [0.15, 0.2) is 0 Å². The summed E-state index contributed by atoms with van der Waals surface area (Å²) in [5, 5.41) is 8.55. The number of hydrogen-bond acceptors (Lipinski definition) is 5. The summed E-state index contributed by atoms with van der Waals surface area (Å²) in [5.41, 5.74) is 0. The van der Waals surface area contributed by atoms with Gasteiger partial charge in [0.05, 0.1) is 13.2 Å². The smallest absolute Gasteiger partial charge is 0.305 e. The number of carbonyl (C=O) groups is 2. The van der Waals surface area contributed by atoms with Crippen LogP contribution >= 0.6 is 0 Å². The first-order chi connectivity index (χ1) is 10.7. The van der Waals surface area contributed by atoms with E-state index in [2.05, 4.69) is 6.92 Å². The lowest BCUT2D eigenvalue weighted by Gasteiger charge is -2.05. The molecule has 5 nitrogen and oxygen atoms in total. The predicted octanol–water partition coefficient (Wildman–Crippen LogP) is 3.38. The Morgan fingerprint density at radius 3 is 1.82 bits per heavy atom. The molecule has 0 aliphatic heterocycles. The zero-order chi connectivity index (χ0) is 16.5. The van der Waals surface area contributed by atoms with Gasteiger partial charge >= 0.3 is 11.9 Å². The van der Waals surface area contributed by atoms with Crippen LogP contribution in [0.4, 0.5) is 0 Å². The van der Waals surface area contributed by atoms with Gasteiger partial charge in [-0.3, -0.25) is 9.59 Å². The number of esters is 2. The average molecular weight is 316 g/mol. The Labute approximate surface area is 134 Å². The summed E-state index contributed by atoms with van der Waals surface area (Å²) >= 11 is 0. The molecular weight excluding hydrogens is 284 g/mol. The molecule has 0 aromatic rings. The van der Waals surface area contributed by atoms with E-state index in [1.165, 1.54) is 32.1 Å². The first-order valence-corrected chi connectivity index (χ1v) is 8.62. The molecule has 0 bridgehead atoms. The molecule has 0 radical (unpaired) electrons. The maximum absolute atomic E-state index is 11.5. The second-order valence-corrected chi connectivity index (χ2v) is 5.49. The number of rotatable bonds is 15. The molecule has 0 saturated carbocycles.